The molecule has 2 N–H and O–H groups in total. The summed E-state index contributed by atoms with van der Waals surface area (Å²) >= 11 is 6.90. The normalized spacial score (nSPS) is 23.1. The summed E-state index contributed by atoms with van der Waals surface area (Å²) in [5.74, 6) is 0.112. The minimum atomic E-state index is -0.278. The second-order valence-corrected chi connectivity index (χ2v) is 6.76. The predicted molar refractivity (Wildman–Crippen MR) is 85.3 cm³/mol. The lowest BCUT2D eigenvalue weighted by atomic mass is 9.77. The SMILES string of the molecule is CCC1(C(=O)Nc2cc(Br)ccc2Br)CCCNC1. The highest BCUT2D eigenvalue weighted by atomic mass is 79.9. The van der Waals surface area contributed by atoms with Crippen LogP contribution in [0.2, 0.25) is 0 Å². The zero-order valence-corrected chi connectivity index (χ0v) is 14.1. The van der Waals surface area contributed by atoms with Gasteiger partial charge in [-0.3, -0.25) is 4.79 Å². The molecule has 1 amide bonds. The van der Waals surface area contributed by atoms with Crippen molar-refractivity contribution in [3.8, 4) is 0 Å². The lowest BCUT2D eigenvalue weighted by Gasteiger charge is -2.35. The molecule has 1 fully saturated rings. The molecule has 1 aliphatic rings. The van der Waals surface area contributed by atoms with E-state index in [1.807, 2.05) is 18.2 Å². The molecule has 1 aliphatic heterocycles. The van der Waals surface area contributed by atoms with E-state index in [-0.39, 0.29) is 11.3 Å². The molecule has 1 heterocycles. The van der Waals surface area contributed by atoms with Crippen LogP contribution in [-0.2, 0) is 4.79 Å². The van der Waals surface area contributed by atoms with E-state index in [1.54, 1.807) is 0 Å². The van der Waals surface area contributed by atoms with Crippen molar-refractivity contribution in [1.82, 2.24) is 5.32 Å². The molecule has 0 bridgehead atoms. The van der Waals surface area contributed by atoms with Gasteiger partial charge in [0.05, 0.1) is 11.1 Å². The number of hydrogen-bond acceptors (Lipinski definition) is 2. The molecule has 0 saturated carbocycles. The zero-order valence-electron chi connectivity index (χ0n) is 10.9. The highest BCUT2D eigenvalue weighted by Crippen LogP contribution is 2.33. The molecule has 0 aliphatic carbocycles. The molecule has 5 heteroatoms. The van der Waals surface area contributed by atoms with Gasteiger partial charge in [0.15, 0.2) is 0 Å². The molecule has 1 atom stereocenters. The first kappa shape index (κ1) is 15.0. The van der Waals surface area contributed by atoms with E-state index in [9.17, 15) is 4.79 Å². The summed E-state index contributed by atoms with van der Waals surface area (Å²) in [6, 6.07) is 5.79. The van der Waals surface area contributed by atoms with Gasteiger partial charge in [0.1, 0.15) is 0 Å². The fourth-order valence-corrected chi connectivity index (χ4v) is 3.18. The van der Waals surface area contributed by atoms with Crippen molar-refractivity contribution >= 4 is 43.5 Å². The van der Waals surface area contributed by atoms with Gasteiger partial charge in [-0.1, -0.05) is 22.9 Å². The van der Waals surface area contributed by atoms with E-state index in [0.29, 0.717) is 0 Å². The van der Waals surface area contributed by atoms with Crippen molar-refractivity contribution in [1.29, 1.82) is 0 Å². The number of hydrogen-bond donors (Lipinski definition) is 2. The molecule has 1 aromatic carbocycles. The van der Waals surface area contributed by atoms with Gasteiger partial charge in [0, 0.05) is 15.5 Å². The van der Waals surface area contributed by atoms with Crippen molar-refractivity contribution in [2.75, 3.05) is 18.4 Å². The number of halogens is 2. The summed E-state index contributed by atoms with van der Waals surface area (Å²) < 4.78 is 1.86. The molecular formula is C14H18Br2N2O. The predicted octanol–water partition coefficient (Wildman–Crippen LogP) is 3.93. The van der Waals surface area contributed by atoms with E-state index in [1.165, 1.54) is 0 Å². The minimum absolute atomic E-state index is 0.112. The third-order valence-electron chi connectivity index (χ3n) is 3.81. The van der Waals surface area contributed by atoms with Crippen LogP contribution < -0.4 is 10.6 Å². The topological polar surface area (TPSA) is 41.1 Å². The Balaban J connectivity index is 2.17. The van der Waals surface area contributed by atoms with Crippen molar-refractivity contribution in [2.24, 2.45) is 5.41 Å². The van der Waals surface area contributed by atoms with Gasteiger partial charge in [-0.2, -0.15) is 0 Å². The number of benzene rings is 1. The Morgan fingerprint density at radius 3 is 2.89 bits per heavy atom. The molecule has 104 valence electrons. The minimum Gasteiger partial charge on any atom is -0.325 e. The van der Waals surface area contributed by atoms with Crippen LogP contribution in [0.5, 0.6) is 0 Å². The Labute approximate surface area is 130 Å². The Morgan fingerprint density at radius 1 is 1.47 bits per heavy atom. The summed E-state index contributed by atoms with van der Waals surface area (Å²) in [7, 11) is 0. The van der Waals surface area contributed by atoms with Crippen LogP contribution in [0, 0.1) is 5.41 Å². The number of carbonyl (C=O) groups is 1. The molecule has 3 nitrogen and oxygen atoms in total. The molecule has 2 rings (SSSR count). The highest BCUT2D eigenvalue weighted by Gasteiger charge is 2.37. The van der Waals surface area contributed by atoms with Gasteiger partial charge in [-0.15, -0.1) is 0 Å². The molecule has 1 unspecified atom stereocenters. The zero-order chi connectivity index (χ0) is 13.9. The van der Waals surface area contributed by atoms with Crippen LogP contribution in [0.4, 0.5) is 5.69 Å². The first-order valence-electron chi connectivity index (χ1n) is 6.54. The van der Waals surface area contributed by atoms with Gasteiger partial charge >= 0.3 is 0 Å². The van der Waals surface area contributed by atoms with Crippen molar-refractivity contribution in [3.63, 3.8) is 0 Å². The van der Waals surface area contributed by atoms with Gasteiger partial charge in [-0.25, -0.2) is 0 Å². The van der Waals surface area contributed by atoms with Crippen molar-refractivity contribution in [3.05, 3.63) is 27.1 Å². The maximum Gasteiger partial charge on any atom is 0.231 e. The average Bonchev–Trinajstić information content (AvgIpc) is 2.43. The molecule has 0 spiro atoms. The molecule has 1 saturated heterocycles. The lowest BCUT2D eigenvalue weighted by Crippen LogP contribution is -2.47. The second kappa shape index (κ2) is 6.37. The number of carbonyl (C=O) groups excluding carboxylic acids is 1. The average molecular weight is 390 g/mol. The summed E-state index contributed by atoms with van der Waals surface area (Å²) in [4.78, 5) is 12.6. The summed E-state index contributed by atoms with van der Waals surface area (Å²) in [6.45, 7) is 3.86. The van der Waals surface area contributed by atoms with Crippen LogP contribution in [-0.4, -0.2) is 19.0 Å². The summed E-state index contributed by atoms with van der Waals surface area (Å²) in [6.07, 6.45) is 2.87. The summed E-state index contributed by atoms with van der Waals surface area (Å²) in [5, 5.41) is 6.39. The monoisotopic (exact) mass is 388 g/mol. The summed E-state index contributed by atoms with van der Waals surface area (Å²) in [5.41, 5.74) is 0.540. The van der Waals surface area contributed by atoms with Gasteiger partial charge in [0.2, 0.25) is 5.91 Å². The number of rotatable bonds is 3. The van der Waals surface area contributed by atoms with Crippen LogP contribution in [0.25, 0.3) is 0 Å². The molecule has 19 heavy (non-hydrogen) atoms. The third kappa shape index (κ3) is 3.38. The highest BCUT2D eigenvalue weighted by molar-refractivity contribution is 9.11. The Morgan fingerprint density at radius 2 is 2.26 bits per heavy atom. The maximum absolute atomic E-state index is 12.6. The Bertz CT molecular complexity index is 471. The number of anilines is 1. The van der Waals surface area contributed by atoms with Crippen LogP contribution in [0.3, 0.4) is 0 Å². The largest absolute Gasteiger partial charge is 0.325 e. The molecular weight excluding hydrogens is 372 g/mol. The van der Waals surface area contributed by atoms with Gasteiger partial charge in [0.25, 0.3) is 0 Å². The fourth-order valence-electron chi connectivity index (χ4n) is 2.47. The smallest absolute Gasteiger partial charge is 0.231 e. The van der Waals surface area contributed by atoms with E-state index < -0.39 is 0 Å². The first-order valence-corrected chi connectivity index (χ1v) is 8.13. The van der Waals surface area contributed by atoms with Crippen LogP contribution >= 0.6 is 31.9 Å². The maximum atomic E-state index is 12.6. The number of amides is 1. The van der Waals surface area contributed by atoms with Crippen molar-refractivity contribution < 1.29 is 4.79 Å². The van der Waals surface area contributed by atoms with E-state index in [2.05, 4.69) is 49.4 Å². The fraction of sp³-hybridized carbons (Fsp3) is 0.500. The quantitative estimate of drug-likeness (QED) is 0.822. The Kier molecular flexibility index (Phi) is 5.03. The van der Waals surface area contributed by atoms with Crippen molar-refractivity contribution in [2.45, 2.75) is 26.2 Å². The lowest BCUT2D eigenvalue weighted by molar-refractivity contribution is -0.126. The first-order chi connectivity index (χ1) is 9.07. The molecule has 0 radical (unpaired) electrons. The van der Waals surface area contributed by atoms with E-state index in [4.69, 9.17) is 0 Å². The third-order valence-corrected chi connectivity index (χ3v) is 4.99. The van der Waals surface area contributed by atoms with Gasteiger partial charge < -0.3 is 10.6 Å². The second-order valence-electron chi connectivity index (χ2n) is 4.99. The Hall–Kier alpha value is -0.390. The number of nitrogens with one attached hydrogen (secondary N) is 2. The van der Waals surface area contributed by atoms with E-state index in [0.717, 1.165) is 47.0 Å². The molecule has 1 aromatic rings. The molecule has 0 aromatic heterocycles. The standard InChI is InChI=1S/C14H18Br2N2O/c1-2-14(6-3-7-17-9-14)13(19)18-12-8-10(15)4-5-11(12)16/h4-5,8,17H,2-3,6-7,9H2,1H3,(H,18,19). The number of piperidine rings is 1. The van der Waals surface area contributed by atoms with Crippen LogP contribution in [0.15, 0.2) is 27.1 Å². The van der Waals surface area contributed by atoms with Crippen LogP contribution in [0.1, 0.15) is 26.2 Å². The van der Waals surface area contributed by atoms with E-state index >= 15 is 0 Å². The van der Waals surface area contributed by atoms with Gasteiger partial charge in [-0.05, 0) is 59.9 Å².